The van der Waals surface area contributed by atoms with Crippen LogP contribution in [0.5, 0.6) is 0 Å². The highest BCUT2D eigenvalue weighted by Gasteiger charge is 2.17. The Kier molecular flexibility index (Phi) is 8.75. The van der Waals surface area contributed by atoms with Crippen molar-refractivity contribution in [2.45, 2.75) is 12.8 Å². The SMILES string of the molecule is C1=c2cccc(-c3ccc4c5ccccc5n(-c5ccc(-c6cccc7c(-c8ccc(-n9c%10ccccc%10c%10ccc(-c%11cccc%12ccccc%11%12)cc%109)cc8)cccc67)cc5)c4c3)c2=CCC1. The molecular weight excluding hydrogens is 821 g/mol. The van der Waals surface area contributed by atoms with E-state index < -0.39 is 0 Å². The Morgan fingerprint density at radius 1 is 0.265 bits per heavy atom. The molecule has 0 saturated carbocycles. The molecule has 11 aromatic carbocycles. The van der Waals surface area contributed by atoms with Crippen LogP contribution >= 0.6 is 0 Å². The van der Waals surface area contributed by atoms with Crippen LogP contribution in [0.15, 0.2) is 231 Å². The van der Waals surface area contributed by atoms with Crippen molar-refractivity contribution in [3.63, 3.8) is 0 Å². The van der Waals surface area contributed by atoms with Gasteiger partial charge >= 0.3 is 0 Å². The summed E-state index contributed by atoms with van der Waals surface area (Å²) in [5.41, 5.74) is 17.0. The van der Waals surface area contributed by atoms with Crippen molar-refractivity contribution in [3.8, 4) is 55.9 Å². The molecule has 0 fully saturated rings. The summed E-state index contributed by atoms with van der Waals surface area (Å²) in [4.78, 5) is 0. The first-order chi connectivity index (χ1) is 33.7. The van der Waals surface area contributed by atoms with Crippen LogP contribution in [-0.4, -0.2) is 9.13 Å². The second-order valence-corrected chi connectivity index (χ2v) is 18.3. The van der Waals surface area contributed by atoms with Gasteiger partial charge in [-0.05, 0) is 138 Å². The van der Waals surface area contributed by atoms with E-state index in [1.165, 1.54) is 120 Å². The van der Waals surface area contributed by atoms with Crippen molar-refractivity contribution < 1.29 is 0 Å². The van der Waals surface area contributed by atoms with Crippen LogP contribution in [0.2, 0.25) is 0 Å². The Hall–Kier alpha value is -8.72. The van der Waals surface area contributed by atoms with Gasteiger partial charge in [-0.25, -0.2) is 0 Å². The fraction of sp³-hybridized carbons (Fsp3) is 0.0303. The van der Waals surface area contributed by atoms with E-state index in [2.05, 4.69) is 252 Å². The standard InChI is InChI=1S/C66H44N2/c1-3-17-51-43(13-1)15-9-21-55(51)47-33-39-61-59-19-5-7-27-63(59)67(65(61)41-47)49-35-29-45(30-36-49)53-23-11-26-58-54(24-12-25-57(53)58)46-31-37-50(38-32-46)68-64-28-8-6-20-60(64)62-40-34-48(42-66(62)68)56-22-10-16-44-14-2-4-18-52(44)56/h1,3,5-42H,2,4H2. The molecule has 68 heavy (non-hydrogen) atoms. The average Bonchev–Trinajstić information content (AvgIpc) is 3.92. The van der Waals surface area contributed by atoms with Gasteiger partial charge in [0.05, 0.1) is 22.1 Å². The fourth-order valence-electron chi connectivity index (χ4n) is 11.4. The molecule has 0 saturated heterocycles. The quantitative estimate of drug-likeness (QED) is 0.158. The van der Waals surface area contributed by atoms with Crippen molar-refractivity contribution >= 4 is 77.3 Å². The van der Waals surface area contributed by atoms with Gasteiger partial charge in [-0.3, -0.25) is 0 Å². The molecule has 13 aromatic rings. The zero-order valence-corrected chi connectivity index (χ0v) is 37.4. The Bertz CT molecular complexity index is 4290. The zero-order chi connectivity index (χ0) is 44.7. The number of para-hydroxylation sites is 2. The van der Waals surface area contributed by atoms with E-state index in [4.69, 9.17) is 0 Å². The summed E-state index contributed by atoms with van der Waals surface area (Å²) in [7, 11) is 0. The van der Waals surface area contributed by atoms with Crippen molar-refractivity contribution in [2.75, 3.05) is 0 Å². The molecule has 1 aliphatic carbocycles. The maximum atomic E-state index is 2.44. The Morgan fingerprint density at radius 3 is 1.28 bits per heavy atom. The summed E-state index contributed by atoms with van der Waals surface area (Å²) in [6.07, 6.45) is 6.98. The molecule has 0 bridgehead atoms. The van der Waals surface area contributed by atoms with Gasteiger partial charge in [0.1, 0.15) is 0 Å². The third kappa shape index (κ3) is 6.04. The molecule has 2 heterocycles. The van der Waals surface area contributed by atoms with E-state index in [1.54, 1.807) is 0 Å². The van der Waals surface area contributed by atoms with Crippen LogP contribution in [0.3, 0.4) is 0 Å². The van der Waals surface area contributed by atoms with Crippen molar-refractivity contribution in [1.29, 1.82) is 0 Å². The van der Waals surface area contributed by atoms with Gasteiger partial charge in [0, 0.05) is 32.9 Å². The van der Waals surface area contributed by atoms with E-state index >= 15 is 0 Å². The van der Waals surface area contributed by atoms with E-state index in [-0.39, 0.29) is 0 Å². The lowest BCUT2D eigenvalue weighted by Gasteiger charge is -2.14. The molecule has 0 N–H and O–H groups in total. The minimum absolute atomic E-state index is 1.09. The average molecular weight is 865 g/mol. The summed E-state index contributed by atoms with van der Waals surface area (Å²) < 4.78 is 4.87. The summed E-state index contributed by atoms with van der Waals surface area (Å²) in [5, 5.41) is 12.7. The van der Waals surface area contributed by atoms with Gasteiger partial charge in [0.25, 0.3) is 0 Å². The van der Waals surface area contributed by atoms with Gasteiger partial charge in [-0.1, -0.05) is 194 Å². The molecular formula is C66H44N2. The number of fused-ring (bicyclic) bond motifs is 9. The van der Waals surface area contributed by atoms with Gasteiger partial charge in [-0.2, -0.15) is 0 Å². The molecule has 0 amide bonds. The number of aromatic nitrogens is 2. The topological polar surface area (TPSA) is 9.86 Å². The second-order valence-electron chi connectivity index (χ2n) is 18.3. The van der Waals surface area contributed by atoms with Crippen molar-refractivity contribution in [1.82, 2.24) is 9.13 Å². The summed E-state index contributed by atoms with van der Waals surface area (Å²) in [6, 6.07) is 85.4. The van der Waals surface area contributed by atoms with E-state index in [1.807, 2.05) is 0 Å². The number of hydrogen-bond donors (Lipinski definition) is 0. The predicted octanol–water partition coefficient (Wildman–Crippen LogP) is 16.2. The normalized spacial score (nSPS) is 12.5. The smallest absolute Gasteiger partial charge is 0.0547 e. The Balaban J connectivity index is 0.833. The van der Waals surface area contributed by atoms with E-state index in [0.29, 0.717) is 0 Å². The van der Waals surface area contributed by atoms with Crippen molar-refractivity contribution in [2.24, 2.45) is 0 Å². The number of hydrogen-bond acceptors (Lipinski definition) is 0. The summed E-state index contributed by atoms with van der Waals surface area (Å²) >= 11 is 0. The first kappa shape index (κ1) is 38.5. The predicted molar refractivity (Wildman–Crippen MR) is 289 cm³/mol. The Morgan fingerprint density at radius 2 is 0.676 bits per heavy atom. The first-order valence-electron chi connectivity index (χ1n) is 23.8. The van der Waals surface area contributed by atoms with Gasteiger partial charge in [0.2, 0.25) is 0 Å². The molecule has 1 aliphatic rings. The van der Waals surface area contributed by atoms with E-state index in [9.17, 15) is 0 Å². The fourth-order valence-corrected chi connectivity index (χ4v) is 11.4. The molecule has 318 valence electrons. The minimum atomic E-state index is 1.09. The molecule has 14 rings (SSSR count). The molecule has 2 nitrogen and oxygen atoms in total. The number of rotatable bonds is 6. The lowest BCUT2D eigenvalue weighted by atomic mass is 9.93. The maximum Gasteiger partial charge on any atom is 0.0547 e. The molecule has 0 atom stereocenters. The largest absolute Gasteiger partial charge is 0.309 e. The molecule has 0 radical (unpaired) electrons. The molecule has 0 unspecified atom stereocenters. The van der Waals surface area contributed by atoms with Crippen LogP contribution in [0, 0.1) is 0 Å². The maximum absolute atomic E-state index is 2.44. The molecule has 2 heteroatoms. The van der Waals surface area contributed by atoms with Crippen LogP contribution in [0.1, 0.15) is 12.8 Å². The highest BCUT2D eigenvalue weighted by molar-refractivity contribution is 6.12. The van der Waals surface area contributed by atoms with Crippen LogP contribution in [0.25, 0.3) is 133 Å². The third-order valence-electron chi connectivity index (χ3n) is 14.6. The van der Waals surface area contributed by atoms with Gasteiger partial charge in [0.15, 0.2) is 0 Å². The lowest BCUT2D eigenvalue weighted by molar-refractivity contribution is 1.12. The van der Waals surface area contributed by atoms with Crippen LogP contribution in [-0.2, 0) is 0 Å². The zero-order valence-electron chi connectivity index (χ0n) is 37.4. The van der Waals surface area contributed by atoms with Crippen molar-refractivity contribution in [3.05, 3.63) is 241 Å². The molecule has 2 aromatic heterocycles. The minimum Gasteiger partial charge on any atom is -0.309 e. The van der Waals surface area contributed by atoms with E-state index in [0.717, 1.165) is 24.2 Å². The second kappa shape index (κ2) is 15.4. The van der Waals surface area contributed by atoms with Gasteiger partial charge in [-0.15, -0.1) is 0 Å². The Labute approximate surface area is 394 Å². The molecule has 0 spiro atoms. The number of nitrogens with zero attached hydrogens (tertiary/aromatic N) is 2. The first-order valence-corrected chi connectivity index (χ1v) is 23.8. The summed E-state index contributed by atoms with van der Waals surface area (Å²) in [5.74, 6) is 0. The summed E-state index contributed by atoms with van der Waals surface area (Å²) in [6.45, 7) is 0. The molecule has 0 aliphatic heterocycles. The highest BCUT2D eigenvalue weighted by Crippen LogP contribution is 2.40. The third-order valence-corrected chi connectivity index (χ3v) is 14.6. The van der Waals surface area contributed by atoms with Crippen LogP contribution < -0.4 is 10.4 Å². The monoisotopic (exact) mass is 864 g/mol. The van der Waals surface area contributed by atoms with Gasteiger partial charge < -0.3 is 9.13 Å². The number of benzene rings is 11. The lowest BCUT2D eigenvalue weighted by Crippen LogP contribution is -2.28. The van der Waals surface area contributed by atoms with Crippen LogP contribution in [0.4, 0.5) is 0 Å². The highest BCUT2D eigenvalue weighted by atomic mass is 15.0.